The smallest absolute Gasteiger partial charge is 0.326 e. The second-order valence-corrected chi connectivity index (χ2v) is 23.1. The van der Waals surface area contributed by atoms with Gasteiger partial charge in [-0.1, -0.05) is 55.4 Å². The van der Waals surface area contributed by atoms with Crippen LogP contribution >= 0.6 is 11.8 Å². The van der Waals surface area contributed by atoms with Crippen molar-refractivity contribution in [2.45, 2.75) is 181 Å². The number of nitrogens with two attached hydrogens (primary N) is 5. The molecule has 0 bridgehead atoms. The number of hydrogen-bond acceptors (Lipinski definition) is 17. The Morgan fingerprint density at radius 1 is 0.477 bits per heavy atom. The first-order valence-corrected chi connectivity index (χ1v) is 30.0. The summed E-state index contributed by atoms with van der Waals surface area (Å²) in [5, 5.41) is 46.3. The normalized spacial score (nSPS) is 14.4. The molecule has 0 saturated heterocycles. The van der Waals surface area contributed by atoms with Crippen LogP contribution < -0.4 is 87.2 Å². The number of guanidine groups is 2. The molecule has 0 aromatic carbocycles. The van der Waals surface area contributed by atoms with Gasteiger partial charge in [0.25, 0.3) is 0 Å². The van der Waals surface area contributed by atoms with E-state index < -0.39 is 168 Å². The third-order valence-corrected chi connectivity index (χ3v) is 13.6. The zero-order chi connectivity index (χ0) is 67.5. The molecular weight excluding hydrogens is 1180 g/mol. The summed E-state index contributed by atoms with van der Waals surface area (Å²) in [6, 6.07) is -14.2. The Kier molecular flexibility index (Phi) is 37.5. The van der Waals surface area contributed by atoms with Gasteiger partial charge in [-0.15, -0.1) is 0 Å². The number of carboxylic acid groups (broad SMARTS) is 2. The van der Waals surface area contributed by atoms with Crippen molar-refractivity contribution in [1.29, 1.82) is 0 Å². The Balaban J connectivity index is 6.84. The van der Waals surface area contributed by atoms with E-state index >= 15 is 0 Å². The van der Waals surface area contributed by atoms with Gasteiger partial charge in [-0.05, 0) is 87.5 Å². The highest BCUT2D eigenvalue weighted by Gasteiger charge is 2.37. The summed E-state index contributed by atoms with van der Waals surface area (Å²) in [5.74, 6) is -15.4. The summed E-state index contributed by atoms with van der Waals surface area (Å²) in [5.41, 5.74) is 27.2. The fourth-order valence-corrected chi connectivity index (χ4v) is 8.62. The van der Waals surface area contributed by atoms with Gasteiger partial charge >= 0.3 is 11.9 Å². The minimum absolute atomic E-state index is 0.00203. The first-order chi connectivity index (χ1) is 41.1. The molecule has 0 rings (SSSR count). The van der Waals surface area contributed by atoms with Gasteiger partial charge in [0, 0.05) is 19.5 Å². The van der Waals surface area contributed by atoms with Crippen LogP contribution in [0, 0.1) is 23.7 Å². The molecule has 34 nitrogen and oxygen atoms in total. The quantitative estimate of drug-likeness (QED) is 0.0117. The van der Waals surface area contributed by atoms with Crippen molar-refractivity contribution in [3.05, 3.63) is 0 Å². The summed E-state index contributed by atoms with van der Waals surface area (Å²) >= 11 is 1.40. The number of nitrogens with zero attached hydrogens (tertiary/aromatic N) is 2. The summed E-state index contributed by atoms with van der Waals surface area (Å²) in [6.07, 6.45) is 0.276. The monoisotopic (exact) mass is 1270 g/mol. The molecule has 0 aromatic rings. The molecule has 0 radical (unpaired) electrons. The maximum atomic E-state index is 14.3. The molecule has 0 spiro atoms. The zero-order valence-corrected chi connectivity index (χ0v) is 52.5. The summed E-state index contributed by atoms with van der Waals surface area (Å²) in [4.78, 5) is 192. The number of nitrogens with one attached hydrogen (secondary N) is 11. The molecule has 0 unspecified atom stereocenters. The topological polar surface area (TPSA) is 567 Å². The van der Waals surface area contributed by atoms with Crippen LogP contribution in [0.5, 0.6) is 0 Å². The van der Waals surface area contributed by atoms with Crippen LogP contribution in [-0.4, -0.2) is 198 Å². The standard InChI is InChI=1S/C53H94N18O16S/c1-25(2)21-34(67-45(80)33(15-16-36(54)73)65-44(79)30(62-24-72)17-20-88-10)48(83)70-40(27(5)6)50(85)68-35(22-38(75)76)47(82)64-32(14-12-19-60-53(57)58)46(81)69-39(26(3)4)49(84)66-31(13-11-18-59-52(55)56)43(78)61-23-37(74)63-29(9)42(77)71-41(28(7)8)51(86)87/h24-35,39-41H,11-23H2,1-10H3,(H2,54,73)(H,61,78)(H,62,72)(H,63,74)(H,64,82)(H,65,79)(H,66,84)(H,67,80)(H,68,85)(H,69,81)(H,70,83)(H,71,77)(H,75,76)(H,86,87)(H4,55,56,59)(H4,57,58,60)/t29-,30-,31-,32-,33-,34-,35-,39-,40-,41-/m0/s1. The lowest BCUT2D eigenvalue weighted by molar-refractivity contribution is -0.143. The fraction of sp³-hybridized carbons (Fsp3) is 0.698. The van der Waals surface area contributed by atoms with Crippen molar-refractivity contribution < 1.29 is 77.3 Å². The van der Waals surface area contributed by atoms with E-state index in [-0.39, 0.29) is 82.3 Å². The minimum Gasteiger partial charge on any atom is -0.481 e. The lowest BCUT2D eigenvalue weighted by Gasteiger charge is -2.29. The van der Waals surface area contributed by atoms with Crippen LogP contribution in [-0.2, 0) is 67.1 Å². The van der Waals surface area contributed by atoms with Crippen molar-refractivity contribution in [3.8, 4) is 0 Å². The summed E-state index contributed by atoms with van der Waals surface area (Å²) in [7, 11) is 0. The van der Waals surface area contributed by atoms with Crippen molar-refractivity contribution in [2.24, 2.45) is 62.3 Å². The second-order valence-electron chi connectivity index (χ2n) is 22.1. The highest BCUT2D eigenvalue weighted by molar-refractivity contribution is 7.98. The molecule has 0 aliphatic carbocycles. The largest absolute Gasteiger partial charge is 0.481 e. The third-order valence-electron chi connectivity index (χ3n) is 12.9. The van der Waals surface area contributed by atoms with Crippen LogP contribution in [0.2, 0.25) is 0 Å². The molecule has 23 N–H and O–H groups in total. The number of carboxylic acids is 2. The first kappa shape index (κ1) is 79.5. The number of primary amides is 1. The van der Waals surface area contributed by atoms with Crippen LogP contribution in [0.25, 0.3) is 0 Å². The molecule has 0 aliphatic rings. The molecule has 88 heavy (non-hydrogen) atoms. The highest BCUT2D eigenvalue weighted by Crippen LogP contribution is 2.13. The van der Waals surface area contributed by atoms with Crippen molar-refractivity contribution in [1.82, 2.24) is 58.5 Å². The van der Waals surface area contributed by atoms with Gasteiger partial charge in [0.2, 0.25) is 71.4 Å². The van der Waals surface area contributed by atoms with E-state index in [0.29, 0.717) is 12.2 Å². The molecule has 0 aromatic heterocycles. The van der Waals surface area contributed by atoms with Gasteiger partial charge in [0.15, 0.2) is 11.9 Å². The van der Waals surface area contributed by atoms with Crippen LogP contribution in [0.15, 0.2) is 9.98 Å². The number of rotatable bonds is 44. The van der Waals surface area contributed by atoms with Gasteiger partial charge in [0.1, 0.15) is 60.4 Å². The molecule has 0 saturated carbocycles. The van der Waals surface area contributed by atoms with E-state index in [4.69, 9.17) is 28.7 Å². The van der Waals surface area contributed by atoms with Crippen molar-refractivity contribution in [3.63, 3.8) is 0 Å². The Hall–Kier alpha value is -8.53. The Morgan fingerprint density at radius 2 is 0.886 bits per heavy atom. The molecule has 35 heteroatoms. The van der Waals surface area contributed by atoms with Crippen LogP contribution in [0.4, 0.5) is 0 Å². The molecule has 0 aliphatic heterocycles. The second kappa shape index (κ2) is 41.5. The predicted molar refractivity (Wildman–Crippen MR) is 324 cm³/mol. The molecular formula is C53H94N18O16S. The van der Waals surface area contributed by atoms with E-state index in [0.717, 1.165) is 0 Å². The average molecular weight is 1270 g/mol. The first-order valence-electron chi connectivity index (χ1n) is 28.6. The highest BCUT2D eigenvalue weighted by atomic mass is 32.2. The van der Waals surface area contributed by atoms with Crippen molar-refractivity contribution >= 4 is 107 Å². The number of thioether (sulfide) groups is 1. The van der Waals surface area contributed by atoms with Crippen LogP contribution in [0.3, 0.4) is 0 Å². The number of carbonyl (C=O) groups excluding carboxylic acids is 12. The number of hydrogen-bond donors (Lipinski definition) is 18. The molecule has 0 heterocycles. The van der Waals surface area contributed by atoms with Gasteiger partial charge in [-0.25, -0.2) is 4.79 Å². The maximum absolute atomic E-state index is 14.3. The van der Waals surface area contributed by atoms with E-state index in [1.807, 2.05) is 0 Å². The van der Waals surface area contributed by atoms with Crippen LogP contribution in [0.1, 0.15) is 120 Å². The summed E-state index contributed by atoms with van der Waals surface area (Å²) in [6.45, 7) is 13.2. The molecule has 498 valence electrons. The lowest BCUT2D eigenvalue weighted by atomic mass is 9.98. The number of aliphatic carboxylic acids is 2. The Labute approximate surface area is 515 Å². The lowest BCUT2D eigenvalue weighted by Crippen LogP contribution is -2.61. The van der Waals surface area contributed by atoms with Gasteiger partial charge in [-0.2, -0.15) is 11.8 Å². The van der Waals surface area contributed by atoms with Gasteiger partial charge < -0.3 is 97.4 Å². The van der Waals surface area contributed by atoms with E-state index in [1.165, 1.54) is 46.4 Å². The van der Waals surface area contributed by atoms with E-state index in [9.17, 15) is 77.3 Å². The summed E-state index contributed by atoms with van der Waals surface area (Å²) < 4.78 is 0. The SMILES string of the molecule is CSCC[C@H](NC=O)C(=O)N[C@@H](CCC(N)=O)C(=O)N[C@@H](CC(C)C)C(=O)N[C@H](C(=O)N[C@@H](CC(=O)O)C(=O)N[C@@H](CCCN=C(N)N)C(=O)N[C@H](C(=O)N[C@@H](CCCN=C(N)N)C(=O)NCC(=O)N[C@@H](C)C(=O)N[C@H](C(=O)O)C(C)C)C(C)C)C(C)C. The molecule has 12 amide bonds. The predicted octanol–water partition coefficient (Wildman–Crippen LogP) is -5.70. The third kappa shape index (κ3) is 32.3. The Morgan fingerprint density at radius 3 is 1.32 bits per heavy atom. The Bertz CT molecular complexity index is 2460. The number of carbonyl (C=O) groups is 14. The molecule has 0 fully saturated rings. The minimum atomic E-state index is -1.93. The number of aliphatic imine (C=N–C) groups is 2. The van der Waals surface area contributed by atoms with Gasteiger partial charge in [0.05, 0.1) is 13.0 Å². The molecule has 10 atom stereocenters. The number of amides is 12. The zero-order valence-electron chi connectivity index (χ0n) is 51.7. The average Bonchev–Trinajstić information content (AvgIpc) is 3.09. The van der Waals surface area contributed by atoms with Crippen molar-refractivity contribution in [2.75, 3.05) is 31.6 Å². The maximum Gasteiger partial charge on any atom is 0.326 e. The fourth-order valence-electron chi connectivity index (χ4n) is 8.15. The van der Waals surface area contributed by atoms with E-state index in [1.54, 1.807) is 34.0 Å². The van der Waals surface area contributed by atoms with E-state index in [2.05, 4.69) is 68.5 Å². The van der Waals surface area contributed by atoms with Gasteiger partial charge in [-0.3, -0.25) is 72.3 Å².